The molecule has 4 aromatic rings. The molecule has 0 aromatic carbocycles. The van der Waals surface area contributed by atoms with Gasteiger partial charge in [-0.3, -0.25) is 28.0 Å². The molecule has 0 aliphatic carbocycles. The summed E-state index contributed by atoms with van der Waals surface area (Å²) >= 11 is 5.21. The third-order valence-corrected chi connectivity index (χ3v) is 10.3. The summed E-state index contributed by atoms with van der Waals surface area (Å²) in [6.45, 7) is -5.19. The lowest BCUT2D eigenvalue weighted by Gasteiger charge is -2.26. The van der Waals surface area contributed by atoms with Crippen molar-refractivity contribution in [1.82, 2.24) is 39.0 Å². The number of imidazole rings is 2. The van der Waals surface area contributed by atoms with Crippen molar-refractivity contribution in [3.63, 3.8) is 0 Å². The second kappa shape index (κ2) is 11.6. The number of nitrogens with zero attached hydrogens (tertiary/aromatic N) is 7. The van der Waals surface area contributed by atoms with Crippen LogP contribution in [0.25, 0.3) is 22.3 Å². The van der Waals surface area contributed by atoms with E-state index in [0.717, 1.165) is 11.8 Å². The highest BCUT2D eigenvalue weighted by Gasteiger charge is 2.50. The molecule has 4 aromatic heterocycles. The molecule has 0 bridgehead atoms. The van der Waals surface area contributed by atoms with E-state index in [1.165, 1.54) is 28.1 Å². The van der Waals surface area contributed by atoms with Crippen molar-refractivity contribution < 1.29 is 38.1 Å². The number of fused-ring (bicyclic) bond motifs is 2. The number of thiol groups is 1. The van der Waals surface area contributed by atoms with Crippen molar-refractivity contribution in [2.75, 3.05) is 24.7 Å². The minimum absolute atomic E-state index is 0.0264. The monoisotopic (exact) mass is 660 g/mol. The van der Waals surface area contributed by atoms with Crippen LogP contribution >= 0.6 is 30.8 Å². The number of rotatable bonds is 9. The van der Waals surface area contributed by atoms with E-state index in [2.05, 4.69) is 42.2 Å². The number of hydrogen-bond donors (Lipinski definition) is 7. The van der Waals surface area contributed by atoms with Gasteiger partial charge in [0.15, 0.2) is 35.0 Å². The Labute approximate surface area is 249 Å². The Kier molecular flexibility index (Phi) is 8.11. The Morgan fingerprint density at radius 1 is 1.14 bits per heavy atom. The molecule has 6 rings (SSSR count). The number of nitrogens with two attached hydrogens (primary N) is 2. The Balaban J connectivity index is 1.19. The van der Waals surface area contributed by atoms with Crippen LogP contribution in [-0.2, 0) is 18.3 Å². The van der Waals surface area contributed by atoms with Crippen LogP contribution in [0.15, 0.2) is 23.8 Å². The van der Waals surface area contributed by atoms with Crippen LogP contribution in [0.4, 0.5) is 16.2 Å². The molecule has 0 amide bonds. The summed E-state index contributed by atoms with van der Waals surface area (Å²) in [5.74, 6) is -0.0955. The molecule has 2 fully saturated rings. The van der Waals surface area contributed by atoms with Crippen molar-refractivity contribution in [1.29, 1.82) is 0 Å². The summed E-state index contributed by atoms with van der Waals surface area (Å²) in [4.78, 5) is 34.8. The Morgan fingerprint density at radius 3 is 2.65 bits per heavy atom. The predicted octanol–water partition coefficient (Wildman–Crippen LogP) is -0.483. The van der Waals surface area contributed by atoms with Gasteiger partial charge in [-0.15, -0.1) is 11.8 Å². The van der Waals surface area contributed by atoms with Gasteiger partial charge in [0, 0.05) is 11.9 Å². The summed E-state index contributed by atoms with van der Waals surface area (Å²) in [7, 11) is 0. The molecule has 0 spiro atoms. The van der Waals surface area contributed by atoms with Crippen LogP contribution in [0.5, 0.6) is 0 Å². The van der Waals surface area contributed by atoms with Crippen molar-refractivity contribution in [2.45, 2.75) is 53.9 Å². The van der Waals surface area contributed by atoms with Gasteiger partial charge in [-0.2, -0.15) is 4.98 Å². The molecule has 9 atom stereocenters. The Bertz CT molecular complexity index is 1760. The van der Waals surface area contributed by atoms with Crippen LogP contribution in [0.2, 0.25) is 0 Å². The summed E-state index contributed by atoms with van der Waals surface area (Å²) in [5.41, 5.74) is 11.4. The lowest BCUT2D eigenvalue weighted by molar-refractivity contribution is -0.0455. The number of H-pyrrole nitrogens is 1. The van der Waals surface area contributed by atoms with Gasteiger partial charge < -0.3 is 31.5 Å². The number of nitrogens with one attached hydrogen (secondary N) is 1. The molecule has 2 aliphatic rings. The first-order valence-electron chi connectivity index (χ1n) is 12.7. The van der Waals surface area contributed by atoms with Crippen LogP contribution in [0.3, 0.4) is 0 Å². The molecule has 43 heavy (non-hydrogen) atoms. The molecule has 2 aliphatic heterocycles. The largest absolute Gasteiger partial charge is 0.396 e. The number of thioether (sulfide) groups is 1. The predicted molar refractivity (Wildman–Crippen MR) is 153 cm³/mol. The van der Waals surface area contributed by atoms with Gasteiger partial charge in [-0.1, -0.05) is 12.2 Å². The first-order chi connectivity index (χ1) is 20.5. The fourth-order valence-corrected chi connectivity index (χ4v) is 8.15. The SMILES string of the molecule is Nc1nc2c(ncn2[C@@H]2S[C@H](CCO)[C@@H](O)[C@H]2O[P@](=O)(S)OC[C@H]2O[C@@H](n3cnc4c(N)ncnc43)[C@@H](F)[C@@H]2O)c(=O)[nH]1. The summed E-state index contributed by atoms with van der Waals surface area (Å²) in [6.07, 6.45) is -4.99. The molecule has 232 valence electrons. The maximum absolute atomic E-state index is 15.2. The van der Waals surface area contributed by atoms with Gasteiger partial charge in [0.2, 0.25) is 5.95 Å². The zero-order chi connectivity index (χ0) is 30.6. The van der Waals surface area contributed by atoms with Crippen LogP contribution in [0, 0.1) is 0 Å². The molecule has 8 N–H and O–H groups in total. The fraction of sp³-hybridized carbons (Fsp3) is 0.524. The number of aliphatic hydroxyl groups is 3. The van der Waals surface area contributed by atoms with Gasteiger partial charge in [0.05, 0.1) is 25.4 Å². The normalized spacial score (nSPS) is 30.8. The second-order valence-corrected chi connectivity index (χ2v) is 14.0. The lowest BCUT2D eigenvalue weighted by Crippen LogP contribution is -2.34. The average molecular weight is 661 g/mol. The van der Waals surface area contributed by atoms with E-state index in [1.54, 1.807) is 0 Å². The molecule has 6 heterocycles. The number of halogens is 1. The molecule has 0 radical (unpaired) electrons. The number of anilines is 2. The number of nitrogen functional groups attached to an aromatic ring is 2. The highest BCUT2D eigenvalue weighted by atomic mass is 32.7. The van der Waals surface area contributed by atoms with Crippen LogP contribution in [0.1, 0.15) is 18.0 Å². The van der Waals surface area contributed by atoms with E-state index in [4.69, 9.17) is 25.3 Å². The third-order valence-electron chi connectivity index (χ3n) is 7.06. The van der Waals surface area contributed by atoms with Crippen molar-refractivity contribution >= 4 is 64.9 Å². The summed E-state index contributed by atoms with van der Waals surface area (Å²) < 4.78 is 48.0. The number of aromatic nitrogens is 8. The van der Waals surface area contributed by atoms with E-state index in [1.807, 2.05) is 0 Å². The highest BCUT2D eigenvalue weighted by molar-refractivity contribution is 8.44. The van der Waals surface area contributed by atoms with Gasteiger partial charge in [0.25, 0.3) is 5.56 Å². The zero-order valence-corrected chi connectivity index (χ0v) is 24.4. The number of aromatic amines is 1. The van der Waals surface area contributed by atoms with Crippen LogP contribution < -0.4 is 17.0 Å². The fourth-order valence-electron chi connectivity index (χ4n) is 5.02. The van der Waals surface area contributed by atoms with Gasteiger partial charge in [0.1, 0.15) is 35.5 Å². The van der Waals surface area contributed by atoms with Crippen LogP contribution in [-0.4, -0.2) is 103 Å². The van der Waals surface area contributed by atoms with Crippen molar-refractivity contribution in [2.24, 2.45) is 0 Å². The quantitative estimate of drug-likeness (QED) is 0.0882. The van der Waals surface area contributed by atoms with E-state index < -0.39 is 66.4 Å². The molecular weight excluding hydrogens is 634 g/mol. The summed E-state index contributed by atoms with van der Waals surface area (Å²) in [6, 6.07) is 0. The smallest absolute Gasteiger partial charge is 0.386 e. The van der Waals surface area contributed by atoms with E-state index in [-0.39, 0.29) is 47.1 Å². The molecule has 0 unspecified atom stereocenters. The molecule has 2 saturated heterocycles. The highest BCUT2D eigenvalue weighted by Crippen LogP contribution is 2.59. The standard InChI is InChI=1S/C21H26FN10O8PS2/c22-9-12(34)7(39-19(9)31-5-27-10-15(23)25-4-26-16(10)31)3-38-41(37,42)40-14-13(35)8(1-2-33)43-20(14)32-6-28-11-17(32)29-21(24)30-18(11)36/h4-9,12-14,19-20,33-35H,1-3H2,(H,37,42)(H2,23,25,26)(H3,24,29,30,36)/t7-,8-,9+,12-,13-,14-,19-,20-,41-/m1/s1. The minimum atomic E-state index is -4.33. The Morgan fingerprint density at radius 2 is 1.88 bits per heavy atom. The maximum Gasteiger partial charge on any atom is 0.386 e. The van der Waals surface area contributed by atoms with Gasteiger partial charge in [-0.25, -0.2) is 28.9 Å². The zero-order valence-electron chi connectivity index (χ0n) is 21.8. The van der Waals surface area contributed by atoms with Crippen molar-refractivity contribution in [3.8, 4) is 0 Å². The van der Waals surface area contributed by atoms with Gasteiger partial charge in [-0.05, 0) is 6.42 Å². The number of alkyl halides is 1. The third kappa shape index (κ3) is 5.49. The lowest BCUT2D eigenvalue weighted by atomic mass is 10.1. The second-order valence-electron chi connectivity index (χ2n) is 9.76. The van der Waals surface area contributed by atoms with Crippen molar-refractivity contribution in [3.05, 3.63) is 29.3 Å². The van der Waals surface area contributed by atoms with E-state index in [0.29, 0.717) is 0 Å². The number of aliphatic hydroxyl groups excluding tert-OH is 3. The molecule has 0 saturated carbocycles. The topological polar surface area (TPSA) is 265 Å². The minimum Gasteiger partial charge on any atom is -0.396 e. The molecule has 22 heteroatoms. The van der Waals surface area contributed by atoms with E-state index in [9.17, 15) is 24.7 Å². The Hall–Kier alpha value is -2.88. The average Bonchev–Trinajstić information content (AvgIpc) is 3.71. The number of hydrogen-bond acceptors (Lipinski definition) is 16. The van der Waals surface area contributed by atoms with E-state index >= 15 is 4.39 Å². The molecule has 18 nitrogen and oxygen atoms in total. The first-order valence-corrected chi connectivity index (χ1v) is 16.4. The molecular formula is C21H26FN10O8PS2. The first kappa shape index (κ1) is 30.2. The van der Waals surface area contributed by atoms with Gasteiger partial charge >= 0.3 is 6.80 Å². The summed E-state index contributed by atoms with van der Waals surface area (Å²) in [5, 5.41) is 29.6. The number of ether oxygens (including phenoxy) is 1. The maximum atomic E-state index is 15.2.